The minimum Gasteiger partial charge on any atom is -0.508 e. The Bertz CT molecular complexity index is 362. The Morgan fingerprint density at radius 3 is 2.47 bits per heavy atom. The SMILES string of the molecule is O=C(O)C(CCCCCO)c1ccccc1O. The third-order valence-corrected chi connectivity index (χ3v) is 2.76. The number of aliphatic carboxylic acids is 1. The molecule has 1 rings (SSSR count). The van der Waals surface area contributed by atoms with Crippen molar-refractivity contribution in [2.24, 2.45) is 0 Å². The number of benzene rings is 1. The van der Waals surface area contributed by atoms with E-state index in [0.717, 1.165) is 12.8 Å². The molecule has 0 aliphatic heterocycles. The van der Waals surface area contributed by atoms with Crippen LogP contribution in [0.25, 0.3) is 0 Å². The van der Waals surface area contributed by atoms with Gasteiger partial charge >= 0.3 is 5.97 Å². The first-order chi connectivity index (χ1) is 8.16. The van der Waals surface area contributed by atoms with Gasteiger partial charge in [-0.25, -0.2) is 0 Å². The van der Waals surface area contributed by atoms with Crippen LogP contribution in [0.4, 0.5) is 0 Å². The summed E-state index contributed by atoms with van der Waals surface area (Å²) >= 11 is 0. The van der Waals surface area contributed by atoms with Crippen LogP contribution in [0.5, 0.6) is 5.75 Å². The molecule has 0 radical (unpaired) electrons. The van der Waals surface area contributed by atoms with Gasteiger partial charge in [-0.2, -0.15) is 0 Å². The Labute approximate surface area is 101 Å². The minimum absolute atomic E-state index is 0.0297. The van der Waals surface area contributed by atoms with Crippen LogP contribution >= 0.6 is 0 Å². The first-order valence-electron chi connectivity index (χ1n) is 5.78. The van der Waals surface area contributed by atoms with Crippen molar-refractivity contribution in [3.05, 3.63) is 29.8 Å². The van der Waals surface area contributed by atoms with Crippen LogP contribution in [0.2, 0.25) is 0 Å². The molecule has 1 unspecified atom stereocenters. The number of rotatable bonds is 7. The number of phenolic OH excluding ortho intramolecular Hbond substituents is 1. The highest BCUT2D eigenvalue weighted by molar-refractivity contribution is 5.77. The van der Waals surface area contributed by atoms with Crippen molar-refractivity contribution in [2.45, 2.75) is 31.6 Å². The molecule has 1 atom stereocenters. The maximum Gasteiger partial charge on any atom is 0.311 e. The minimum atomic E-state index is -0.921. The Morgan fingerprint density at radius 1 is 1.18 bits per heavy atom. The summed E-state index contributed by atoms with van der Waals surface area (Å²) in [5.41, 5.74) is 0.462. The maximum atomic E-state index is 11.2. The van der Waals surface area contributed by atoms with Gasteiger partial charge in [0.05, 0.1) is 5.92 Å². The summed E-state index contributed by atoms with van der Waals surface area (Å²) in [6, 6.07) is 6.53. The average molecular weight is 238 g/mol. The summed E-state index contributed by atoms with van der Waals surface area (Å²) in [4.78, 5) is 11.2. The predicted octanol–water partition coefficient (Wildman–Crippen LogP) is 2.11. The van der Waals surface area contributed by atoms with E-state index < -0.39 is 11.9 Å². The van der Waals surface area contributed by atoms with E-state index in [1.165, 1.54) is 6.07 Å². The third kappa shape index (κ3) is 4.07. The lowest BCUT2D eigenvalue weighted by Gasteiger charge is -2.13. The Balaban J connectivity index is 2.66. The zero-order chi connectivity index (χ0) is 12.7. The van der Waals surface area contributed by atoms with Gasteiger partial charge in [-0.3, -0.25) is 4.79 Å². The van der Waals surface area contributed by atoms with Crippen LogP contribution in [0.15, 0.2) is 24.3 Å². The van der Waals surface area contributed by atoms with Crippen LogP contribution in [-0.2, 0) is 4.79 Å². The Hall–Kier alpha value is -1.55. The molecule has 4 heteroatoms. The number of hydrogen-bond acceptors (Lipinski definition) is 3. The lowest BCUT2D eigenvalue weighted by Crippen LogP contribution is -2.11. The summed E-state index contributed by atoms with van der Waals surface area (Å²) in [7, 11) is 0. The molecule has 1 aromatic carbocycles. The van der Waals surface area contributed by atoms with Crippen LogP contribution in [0, 0.1) is 0 Å². The maximum absolute atomic E-state index is 11.2. The molecule has 0 aromatic heterocycles. The van der Waals surface area contributed by atoms with Crippen molar-refractivity contribution in [3.8, 4) is 5.75 Å². The monoisotopic (exact) mass is 238 g/mol. The molecule has 0 heterocycles. The molecule has 0 amide bonds. The van der Waals surface area contributed by atoms with Gasteiger partial charge in [-0.15, -0.1) is 0 Å². The van der Waals surface area contributed by atoms with Gasteiger partial charge in [0.15, 0.2) is 0 Å². The zero-order valence-electron chi connectivity index (χ0n) is 9.67. The summed E-state index contributed by atoms with van der Waals surface area (Å²) in [5.74, 6) is -1.56. The average Bonchev–Trinajstić information content (AvgIpc) is 2.30. The highest BCUT2D eigenvalue weighted by Crippen LogP contribution is 2.29. The first kappa shape index (κ1) is 13.5. The van der Waals surface area contributed by atoms with Gasteiger partial charge in [0.2, 0.25) is 0 Å². The first-order valence-corrected chi connectivity index (χ1v) is 5.78. The molecule has 0 spiro atoms. The molecule has 0 saturated heterocycles. The van der Waals surface area contributed by atoms with Gasteiger partial charge in [-0.1, -0.05) is 31.0 Å². The predicted molar refractivity (Wildman–Crippen MR) is 64.0 cm³/mol. The summed E-state index contributed by atoms with van der Waals surface area (Å²) < 4.78 is 0. The lowest BCUT2D eigenvalue weighted by atomic mass is 9.92. The molecule has 17 heavy (non-hydrogen) atoms. The van der Waals surface area contributed by atoms with E-state index in [4.69, 9.17) is 10.2 Å². The fraction of sp³-hybridized carbons (Fsp3) is 0.462. The molecule has 0 aliphatic rings. The number of aliphatic hydroxyl groups is 1. The lowest BCUT2D eigenvalue weighted by molar-refractivity contribution is -0.139. The Kier molecular flexibility index (Phi) is 5.49. The van der Waals surface area contributed by atoms with Crippen LogP contribution in [0.1, 0.15) is 37.2 Å². The van der Waals surface area contributed by atoms with E-state index in [1.54, 1.807) is 18.2 Å². The number of carboxylic acids is 1. The van der Waals surface area contributed by atoms with Crippen molar-refractivity contribution < 1.29 is 20.1 Å². The van der Waals surface area contributed by atoms with Crippen LogP contribution in [0.3, 0.4) is 0 Å². The van der Waals surface area contributed by atoms with Crippen molar-refractivity contribution in [3.63, 3.8) is 0 Å². The number of aromatic hydroxyl groups is 1. The largest absolute Gasteiger partial charge is 0.508 e. The second kappa shape index (κ2) is 6.91. The fourth-order valence-corrected chi connectivity index (χ4v) is 1.83. The molecule has 0 bridgehead atoms. The smallest absolute Gasteiger partial charge is 0.311 e. The van der Waals surface area contributed by atoms with E-state index in [9.17, 15) is 9.90 Å². The molecule has 94 valence electrons. The topological polar surface area (TPSA) is 77.8 Å². The number of aliphatic hydroxyl groups excluding tert-OH is 1. The number of carbonyl (C=O) groups is 1. The van der Waals surface area contributed by atoms with E-state index in [0.29, 0.717) is 18.4 Å². The van der Waals surface area contributed by atoms with E-state index in [2.05, 4.69) is 0 Å². The molecule has 0 aliphatic carbocycles. The second-order valence-electron chi connectivity index (χ2n) is 4.02. The van der Waals surface area contributed by atoms with Crippen LogP contribution in [-0.4, -0.2) is 27.9 Å². The van der Waals surface area contributed by atoms with Gasteiger partial charge in [0.25, 0.3) is 0 Å². The van der Waals surface area contributed by atoms with Gasteiger partial charge in [0.1, 0.15) is 5.75 Å². The highest BCUT2D eigenvalue weighted by Gasteiger charge is 2.21. The standard InChI is InChI=1S/C13H18O4/c14-9-5-1-2-7-11(13(16)17)10-6-3-4-8-12(10)15/h3-4,6,8,11,14-15H,1-2,5,7,9H2,(H,16,17). The second-order valence-corrected chi connectivity index (χ2v) is 4.02. The van der Waals surface area contributed by atoms with Crippen molar-refractivity contribution in [1.29, 1.82) is 0 Å². The zero-order valence-corrected chi connectivity index (χ0v) is 9.67. The van der Waals surface area contributed by atoms with E-state index in [-0.39, 0.29) is 12.4 Å². The fourth-order valence-electron chi connectivity index (χ4n) is 1.83. The molecule has 0 fully saturated rings. The number of carboxylic acid groups (broad SMARTS) is 1. The van der Waals surface area contributed by atoms with Crippen LogP contribution < -0.4 is 0 Å². The van der Waals surface area contributed by atoms with Gasteiger partial charge in [0, 0.05) is 12.2 Å². The molecule has 3 N–H and O–H groups in total. The van der Waals surface area contributed by atoms with Crippen molar-refractivity contribution >= 4 is 5.97 Å². The number of para-hydroxylation sites is 1. The third-order valence-electron chi connectivity index (χ3n) is 2.76. The molecule has 1 aromatic rings. The van der Waals surface area contributed by atoms with E-state index in [1.807, 2.05) is 0 Å². The molecule has 0 saturated carbocycles. The summed E-state index contributed by atoms with van der Waals surface area (Å²) in [6.45, 7) is 0.133. The summed E-state index contributed by atoms with van der Waals surface area (Å²) in [5, 5.41) is 27.4. The Morgan fingerprint density at radius 2 is 1.88 bits per heavy atom. The van der Waals surface area contributed by atoms with Gasteiger partial charge in [-0.05, 0) is 18.9 Å². The van der Waals surface area contributed by atoms with Crippen molar-refractivity contribution in [1.82, 2.24) is 0 Å². The number of phenols is 1. The van der Waals surface area contributed by atoms with Gasteiger partial charge < -0.3 is 15.3 Å². The molecular formula is C13H18O4. The quantitative estimate of drug-likeness (QED) is 0.636. The summed E-state index contributed by atoms with van der Waals surface area (Å²) in [6.07, 6.45) is 2.69. The van der Waals surface area contributed by atoms with E-state index >= 15 is 0 Å². The molecule has 4 nitrogen and oxygen atoms in total. The number of hydrogen-bond donors (Lipinski definition) is 3. The number of unbranched alkanes of at least 4 members (excludes halogenated alkanes) is 2. The molecular weight excluding hydrogens is 220 g/mol. The normalized spacial score (nSPS) is 12.3. The highest BCUT2D eigenvalue weighted by atomic mass is 16.4. The van der Waals surface area contributed by atoms with Crippen molar-refractivity contribution in [2.75, 3.05) is 6.61 Å².